The highest BCUT2D eigenvalue weighted by atomic mass is 19.3. The molecule has 0 aromatic rings. The number of nitrogens with zero attached hydrogens (tertiary/aromatic N) is 1. The van der Waals surface area contributed by atoms with Gasteiger partial charge < -0.3 is 0 Å². The minimum absolute atomic E-state index is 0.0384. The summed E-state index contributed by atoms with van der Waals surface area (Å²) < 4.78 is 27.2. The van der Waals surface area contributed by atoms with Crippen molar-refractivity contribution in [3.8, 4) is 6.07 Å². The smallest absolute Gasteiger partial charge is 0.249 e. The molecule has 0 aromatic heterocycles. The number of alkyl halides is 2. The molecule has 2 nitrogen and oxygen atoms in total. The summed E-state index contributed by atoms with van der Waals surface area (Å²) in [6, 6.07) is 1.86. The Morgan fingerprint density at radius 3 is 2.56 bits per heavy atom. The van der Waals surface area contributed by atoms with Crippen LogP contribution >= 0.6 is 0 Å². The molecule has 2 rings (SSSR count). The van der Waals surface area contributed by atoms with Gasteiger partial charge in [0.25, 0.3) is 0 Å². The van der Waals surface area contributed by atoms with Gasteiger partial charge in [-0.1, -0.05) is 26.8 Å². The molecule has 0 saturated heterocycles. The highest BCUT2D eigenvalue weighted by molar-refractivity contribution is 6.04. The lowest BCUT2D eigenvalue weighted by Gasteiger charge is -2.51. The first-order valence-electron chi connectivity index (χ1n) is 6.18. The van der Waals surface area contributed by atoms with Crippen LogP contribution in [0.25, 0.3) is 0 Å². The van der Waals surface area contributed by atoms with Gasteiger partial charge in [0.2, 0.25) is 5.92 Å². The van der Waals surface area contributed by atoms with Gasteiger partial charge in [-0.2, -0.15) is 5.26 Å². The van der Waals surface area contributed by atoms with E-state index in [2.05, 4.69) is 0 Å². The number of allylic oxidation sites excluding steroid dienone is 2. The van der Waals surface area contributed by atoms with Crippen LogP contribution in [0.2, 0.25) is 0 Å². The number of nitriles is 1. The second kappa shape index (κ2) is 3.63. The first kappa shape index (κ1) is 13.2. The van der Waals surface area contributed by atoms with Gasteiger partial charge in [-0.15, -0.1) is 0 Å². The number of carbonyl (C=O) groups excluding carboxylic acids is 1. The van der Waals surface area contributed by atoms with Gasteiger partial charge in [-0.05, 0) is 17.8 Å². The summed E-state index contributed by atoms with van der Waals surface area (Å²) in [6.07, 6.45) is 1.38. The second-order valence-corrected chi connectivity index (χ2v) is 6.35. The molecule has 98 valence electrons. The summed E-state index contributed by atoms with van der Waals surface area (Å²) in [5.41, 5.74) is -1.45. The van der Waals surface area contributed by atoms with Crippen molar-refractivity contribution in [2.45, 2.75) is 46.0 Å². The predicted molar refractivity (Wildman–Crippen MR) is 62.9 cm³/mol. The highest BCUT2D eigenvalue weighted by Gasteiger charge is 2.57. The SMILES string of the molecule is CC1(C)C(=O)C(C#N)=C[C@]2(C)CC(F)(F)CC[C@H]12. The lowest BCUT2D eigenvalue weighted by Crippen LogP contribution is -2.51. The van der Waals surface area contributed by atoms with Gasteiger partial charge >= 0.3 is 0 Å². The van der Waals surface area contributed by atoms with Crippen LogP contribution in [0.3, 0.4) is 0 Å². The van der Waals surface area contributed by atoms with Crippen LogP contribution in [-0.4, -0.2) is 11.7 Å². The molecule has 0 bridgehead atoms. The molecule has 0 heterocycles. The topological polar surface area (TPSA) is 40.9 Å². The fraction of sp³-hybridized carbons (Fsp3) is 0.714. The highest BCUT2D eigenvalue weighted by Crippen LogP contribution is 2.58. The summed E-state index contributed by atoms with van der Waals surface area (Å²) in [5.74, 6) is -3.02. The normalized spacial score (nSPS) is 37.4. The van der Waals surface area contributed by atoms with Gasteiger partial charge in [-0.3, -0.25) is 4.79 Å². The molecular weight excluding hydrogens is 236 g/mol. The van der Waals surface area contributed by atoms with Crippen LogP contribution in [0.4, 0.5) is 8.78 Å². The van der Waals surface area contributed by atoms with Crippen LogP contribution in [0.15, 0.2) is 11.6 Å². The lowest BCUT2D eigenvalue weighted by molar-refractivity contribution is -0.143. The molecule has 0 spiro atoms. The van der Waals surface area contributed by atoms with Gasteiger partial charge in [0.15, 0.2) is 5.78 Å². The molecule has 4 heteroatoms. The van der Waals surface area contributed by atoms with E-state index < -0.39 is 16.8 Å². The van der Waals surface area contributed by atoms with E-state index in [9.17, 15) is 13.6 Å². The van der Waals surface area contributed by atoms with E-state index in [4.69, 9.17) is 5.26 Å². The van der Waals surface area contributed by atoms with E-state index >= 15 is 0 Å². The molecular formula is C14H17F2NO. The van der Waals surface area contributed by atoms with Crippen molar-refractivity contribution >= 4 is 5.78 Å². The fourth-order valence-electron chi connectivity index (χ4n) is 3.77. The number of fused-ring (bicyclic) bond motifs is 1. The molecule has 0 aromatic carbocycles. The molecule has 2 aliphatic rings. The third-order valence-corrected chi connectivity index (χ3v) is 4.53. The van der Waals surface area contributed by atoms with E-state index in [-0.39, 0.29) is 30.1 Å². The van der Waals surface area contributed by atoms with Crippen LogP contribution in [0.1, 0.15) is 40.0 Å². The maximum absolute atomic E-state index is 13.6. The second-order valence-electron chi connectivity index (χ2n) is 6.35. The van der Waals surface area contributed by atoms with Crippen molar-refractivity contribution in [1.82, 2.24) is 0 Å². The molecule has 0 amide bonds. The average Bonchev–Trinajstić information content (AvgIpc) is 2.21. The maximum atomic E-state index is 13.6. The Morgan fingerprint density at radius 1 is 1.39 bits per heavy atom. The summed E-state index contributed by atoms with van der Waals surface area (Å²) in [4.78, 5) is 12.2. The number of carbonyl (C=O) groups is 1. The van der Waals surface area contributed by atoms with Gasteiger partial charge in [-0.25, -0.2) is 8.78 Å². The zero-order valence-corrected chi connectivity index (χ0v) is 10.9. The fourth-order valence-corrected chi connectivity index (χ4v) is 3.77. The van der Waals surface area contributed by atoms with E-state index in [0.29, 0.717) is 6.42 Å². The minimum Gasteiger partial charge on any atom is -0.293 e. The molecule has 2 atom stereocenters. The average molecular weight is 253 g/mol. The molecule has 0 aliphatic heterocycles. The standard InChI is InChI=1S/C14H17F2NO/c1-12(2)10-4-5-14(15,16)8-13(10,3)6-9(7-17)11(12)18/h6,10H,4-5,8H2,1-3H3/t10-,13-/m1/s1. The third-order valence-electron chi connectivity index (χ3n) is 4.53. The maximum Gasteiger partial charge on any atom is 0.249 e. The Kier molecular flexibility index (Phi) is 2.66. The lowest BCUT2D eigenvalue weighted by atomic mass is 9.52. The predicted octanol–water partition coefficient (Wildman–Crippen LogP) is 3.49. The molecule has 0 N–H and O–H groups in total. The summed E-state index contributed by atoms with van der Waals surface area (Å²) in [6.45, 7) is 5.29. The largest absolute Gasteiger partial charge is 0.293 e. The van der Waals surface area contributed by atoms with E-state index in [1.54, 1.807) is 20.8 Å². The van der Waals surface area contributed by atoms with Crippen LogP contribution in [-0.2, 0) is 4.79 Å². The summed E-state index contributed by atoms with van der Waals surface area (Å²) in [5, 5.41) is 9.00. The number of halogens is 2. The number of rotatable bonds is 0. The van der Waals surface area contributed by atoms with E-state index in [1.165, 1.54) is 6.08 Å². The zero-order chi connectivity index (χ0) is 13.8. The Bertz CT molecular complexity index is 473. The Balaban J connectivity index is 2.53. The molecule has 1 saturated carbocycles. The van der Waals surface area contributed by atoms with Crippen LogP contribution in [0, 0.1) is 28.1 Å². The molecule has 0 radical (unpaired) electrons. The quantitative estimate of drug-likeness (QED) is 0.663. The minimum atomic E-state index is -2.70. The van der Waals surface area contributed by atoms with E-state index in [1.807, 2.05) is 6.07 Å². The Morgan fingerprint density at radius 2 is 2.00 bits per heavy atom. The Labute approximate surface area is 106 Å². The number of Topliss-reactive ketones (excluding diaryl/α,β-unsaturated/α-hetero) is 1. The van der Waals surface area contributed by atoms with E-state index in [0.717, 1.165) is 0 Å². The first-order chi connectivity index (χ1) is 8.12. The van der Waals surface area contributed by atoms with Crippen molar-refractivity contribution in [2.24, 2.45) is 16.7 Å². The first-order valence-corrected chi connectivity index (χ1v) is 6.18. The van der Waals surface area contributed by atoms with Crippen molar-refractivity contribution in [3.63, 3.8) is 0 Å². The molecule has 2 aliphatic carbocycles. The monoisotopic (exact) mass is 253 g/mol. The van der Waals surface area contributed by atoms with Crippen molar-refractivity contribution < 1.29 is 13.6 Å². The third kappa shape index (κ3) is 1.77. The van der Waals surface area contributed by atoms with Crippen molar-refractivity contribution in [1.29, 1.82) is 5.26 Å². The number of hydrogen-bond acceptors (Lipinski definition) is 2. The van der Waals surface area contributed by atoms with Crippen molar-refractivity contribution in [2.75, 3.05) is 0 Å². The van der Waals surface area contributed by atoms with Crippen LogP contribution in [0.5, 0.6) is 0 Å². The van der Waals surface area contributed by atoms with Gasteiger partial charge in [0.05, 0.1) is 5.57 Å². The van der Waals surface area contributed by atoms with Crippen LogP contribution < -0.4 is 0 Å². The Hall–Kier alpha value is -1.24. The summed E-state index contributed by atoms with van der Waals surface area (Å²) in [7, 11) is 0. The molecule has 1 fully saturated rings. The molecule has 18 heavy (non-hydrogen) atoms. The number of hydrogen-bond donors (Lipinski definition) is 0. The summed E-state index contributed by atoms with van der Waals surface area (Å²) >= 11 is 0. The van der Waals surface area contributed by atoms with Gasteiger partial charge in [0, 0.05) is 18.3 Å². The van der Waals surface area contributed by atoms with Crippen molar-refractivity contribution in [3.05, 3.63) is 11.6 Å². The zero-order valence-electron chi connectivity index (χ0n) is 10.9. The van der Waals surface area contributed by atoms with Gasteiger partial charge in [0.1, 0.15) is 6.07 Å². The number of ketones is 1. The molecule has 0 unspecified atom stereocenters.